The van der Waals surface area contributed by atoms with E-state index in [2.05, 4.69) is 5.32 Å². The first-order chi connectivity index (χ1) is 9.75. The summed E-state index contributed by atoms with van der Waals surface area (Å²) >= 11 is 0. The zero-order chi connectivity index (χ0) is 13.9. The van der Waals surface area contributed by atoms with E-state index in [0.29, 0.717) is 6.61 Å². The van der Waals surface area contributed by atoms with Gasteiger partial charge in [-0.3, -0.25) is 0 Å². The van der Waals surface area contributed by atoms with E-state index >= 15 is 0 Å². The van der Waals surface area contributed by atoms with Crippen LogP contribution >= 0.6 is 0 Å². The highest BCUT2D eigenvalue weighted by molar-refractivity contribution is 5.75. The number of hydrogen-bond donors (Lipinski definition) is 2. The molecule has 3 aliphatic rings. The number of nitrogens with zero attached hydrogens (tertiary/aromatic N) is 1. The predicted octanol–water partition coefficient (Wildman–Crippen LogP) is 1.50. The number of carbonyl (C=O) groups excluding carboxylic acids is 1. The molecule has 4 atom stereocenters. The molecule has 2 aliphatic heterocycles. The molecule has 2 amide bonds. The summed E-state index contributed by atoms with van der Waals surface area (Å²) in [7, 11) is 0. The van der Waals surface area contributed by atoms with E-state index in [-0.39, 0.29) is 30.1 Å². The van der Waals surface area contributed by atoms with Crippen LogP contribution in [0.1, 0.15) is 44.9 Å². The summed E-state index contributed by atoms with van der Waals surface area (Å²) in [5.41, 5.74) is 0. The number of aliphatic hydroxyl groups is 1. The Kier molecular flexibility index (Phi) is 4.46. The van der Waals surface area contributed by atoms with Crippen molar-refractivity contribution in [3.05, 3.63) is 0 Å². The Balaban J connectivity index is 1.60. The van der Waals surface area contributed by atoms with Crippen molar-refractivity contribution in [3.63, 3.8) is 0 Å². The smallest absolute Gasteiger partial charge is 0.317 e. The minimum Gasteiger partial charge on any atom is -0.393 e. The molecular formula is C15H26N2O3. The van der Waals surface area contributed by atoms with Gasteiger partial charge < -0.3 is 20.1 Å². The number of likely N-dealkylation sites (tertiary alicyclic amines) is 1. The average Bonchev–Trinajstić information content (AvgIpc) is 3.09. The second-order valence-electron chi connectivity index (χ2n) is 6.43. The highest BCUT2D eigenvalue weighted by Crippen LogP contribution is 2.34. The average molecular weight is 282 g/mol. The number of aliphatic hydroxyl groups excluding tert-OH is 1. The summed E-state index contributed by atoms with van der Waals surface area (Å²) in [5.74, 6) is 0.275. The lowest BCUT2D eigenvalue weighted by Gasteiger charge is -2.37. The van der Waals surface area contributed by atoms with Crippen LogP contribution in [0.15, 0.2) is 0 Å². The van der Waals surface area contributed by atoms with Crippen LogP contribution in [0.3, 0.4) is 0 Å². The molecule has 5 heteroatoms. The molecule has 3 fully saturated rings. The number of carbonyl (C=O) groups is 1. The molecule has 5 nitrogen and oxygen atoms in total. The molecular weight excluding hydrogens is 256 g/mol. The van der Waals surface area contributed by atoms with Gasteiger partial charge in [0.2, 0.25) is 0 Å². The molecule has 0 aromatic heterocycles. The van der Waals surface area contributed by atoms with Crippen molar-refractivity contribution < 1.29 is 14.6 Å². The van der Waals surface area contributed by atoms with Crippen molar-refractivity contribution in [1.29, 1.82) is 0 Å². The van der Waals surface area contributed by atoms with E-state index in [9.17, 15) is 9.90 Å². The summed E-state index contributed by atoms with van der Waals surface area (Å²) in [4.78, 5) is 14.4. The zero-order valence-corrected chi connectivity index (χ0v) is 12.1. The minimum atomic E-state index is -0.225. The summed E-state index contributed by atoms with van der Waals surface area (Å²) in [6.07, 6.45) is 7.04. The first kappa shape index (κ1) is 14.1. The Morgan fingerprint density at radius 2 is 2.00 bits per heavy atom. The van der Waals surface area contributed by atoms with Gasteiger partial charge in [0.1, 0.15) is 0 Å². The van der Waals surface area contributed by atoms with Gasteiger partial charge in [0, 0.05) is 25.1 Å². The van der Waals surface area contributed by atoms with E-state index < -0.39 is 0 Å². The Labute approximate surface area is 120 Å². The molecule has 0 spiro atoms. The summed E-state index contributed by atoms with van der Waals surface area (Å²) < 4.78 is 5.31. The van der Waals surface area contributed by atoms with Gasteiger partial charge in [0.05, 0.1) is 18.8 Å². The van der Waals surface area contributed by atoms with Crippen LogP contribution in [0.2, 0.25) is 0 Å². The van der Waals surface area contributed by atoms with Crippen LogP contribution in [-0.2, 0) is 4.74 Å². The second-order valence-corrected chi connectivity index (χ2v) is 6.43. The van der Waals surface area contributed by atoms with Crippen LogP contribution in [-0.4, -0.2) is 54.0 Å². The molecule has 2 saturated heterocycles. The van der Waals surface area contributed by atoms with Gasteiger partial charge in [-0.05, 0) is 32.1 Å². The van der Waals surface area contributed by atoms with Crippen molar-refractivity contribution in [2.45, 2.75) is 63.1 Å². The topological polar surface area (TPSA) is 61.8 Å². The summed E-state index contributed by atoms with van der Waals surface area (Å²) in [6.45, 7) is 2.21. The van der Waals surface area contributed by atoms with E-state index in [4.69, 9.17) is 4.74 Å². The lowest BCUT2D eigenvalue weighted by atomic mass is 9.80. The number of amides is 2. The SMILES string of the molecule is O=C(NC1CCOC1)N1CCCC1C1CCCCC1O. The Hall–Kier alpha value is -0.810. The van der Waals surface area contributed by atoms with Crippen molar-refractivity contribution in [2.24, 2.45) is 5.92 Å². The highest BCUT2D eigenvalue weighted by Gasteiger charge is 2.39. The number of nitrogens with one attached hydrogen (secondary N) is 1. The first-order valence-electron chi connectivity index (χ1n) is 8.08. The van der Waals surface area contributed by atoms with Crippen molar-refractivity contribution in [1.82, 2.24) is 10.2 Å². The van der Waals surface area contributed by atoms with Gasteiger partial charge in [-0.2, -0.15) is 0 Å². The molecule has 2 N–H and O–H groups in total. The maximum absolute atomic E-state index is 12.4. The molecule has 2 heterocycles. The molecule has 3 rings (SSSR count). The van der Waals surface area contributed by atoms with Crippen LogP contribution in [0.4, 0.5) is 4.79 Å². The number of hydrogen-bond acceptors (Lipinski definition) is 3. The fourth-order valence-electron chi connectivity index (χ4n) is 3.98. The molecule has 0 bridgehead atoms. The third-order valence-electron chi connectivity index (χ3n) is 5.09. The van der Waals surface area contributed by atoms with Crippen molar-refractivity contribution >= 4 is 6.03 Å². The van der Waals surface area contributed by atoms with E-state index in [1.54, 1.807) is 0 Å². The summed E-state index contributed by atoms with van der Waals surface area (Å²) in [5, 5.41) is 13.3. The van der Waals surface area contributed by atoms with Gasteiger partial charge >= 0.3 is 6.03 Å². The van der Waals surface area contributed by atoms with Crippen molar-refractivity contribution in [3.8, 4) is 0 Å². The van der Waals surface area contributed by atoms with Gasteiger partial charge in [-0.15, -0.1) is 0 Å². The number of ether oxygens (including phenoxy) is 1. The maximum atomic E-state index is 12.4. The lowest BCUT2D eigenvalue weighted by Crippen LogP contribution is -2.51. The largest absolute Gasteiger partial charge is 0.393 e. The van der Waals surface area contributed by atoms with Crippen LogP contribution in [0.5, 0.6) is 0 Å². The Bertz CT molecular complexity index is 344. The molecule has 114 valence electrons. The van der Waals surface area contributed by atoms with Crippen molar-refractivity contribution in [2.75, 3.05) is 19.8 Å². The van der Waals surface area contributed by atoms with Gasteiger partial charge in [0.25, 0.3) is 0 Å². The fourth-order valence-corrected chi connectivity index (χ4v) is 3.98. The molecule has 0 aromatic rings. The third kappa shape index (κ3) is 2.93. The quantitative estimate of drug-likeness (QED) is 0.807. The molecule has 1 saturated carbocycles. The van der Waals surface area contributed by atoms with E-state index in [0.717, 1.165) is 51.7 Å². The molecule has 0 radical (unpaired) electrons. The first-order valence-corrected chi connectivity index (χ1v) is 8.08. The predicted molar refractivity (Wildman–Crippen MR) is 75.4 cm³/mol. The maximum Gasteiger partial charge on any atom is 0.317 e. The van der Waals surface area contributed by atoms with Gasteiger partial charge in [-0.1, -0.05) is 12.8 Å². The standard InChI is InChI=1S/C15H26N2O3/c18-14-6-2-1-4-12(14)13-5-3-8-17(13)15(19)16-11-7-9-20-10-11/h11-14,18H,1-10H2,(H,16,19). The van der Waals surface area contributed by atoms with Crippen LogP contribution in [0.25, 0.3) is 0 Å². The molecule has 20 heavy (non-hydrogen) atoms. The highest BCUT2D eigenvalue weighted by atomic mass is 16.5. The van der Waals surface area contributed by atoms with Crippen LogP contribution in [0, 0.1) is 5.92 Å². The normalized spacial score (nSPS) is 38.1. The summed E-state index contributed by atoms with van der Waals surface area (Å²) in [6, 6.07) is 0.438. The molecule has 4 unspecified atom stereocenters. The molecule has 0 aromatic carbocycles. The lowest BCUT2D eigenvalue weighted by molar-refractivity contribution is 0.0304. The van der Waals surface area contributed by atoms with Gasteiger partial charge in [0.15, 0.2) is 0 Å². The second kappa shape index (κ2) is 6.31. The fraction of sp³-hybridized carbons (Fsp3) is 0.933. The Morgan fingerprint density at radius 1 is 1.15 bits per heavy atom. The Morgan fingerprint density at radius 3 is 2.75 bits per heavy atom. The number of rotatable bonds is 2. The monoisotopic (exact) mass is 282 g/mol. The molecule has 1 aliphatic carbocycles. The van der Waals surface area contributed by atoms with Crippen LogP contribution < -0.4 is 5.32 Å². The third-order valence-corrected chi connectivity index (χ3v) is 5.09. The number of urea groups is 1. The zero-order valence-electron chi connectivity index (χ0n) is 12.1. The minimum absolute atomic E-state index is 0.0424. The van der Waals surface area contributed by atoms with E-state index in [1.165, 1.54) is 6.42 Å². The van der Waals surface area contributed by atoms with Gasteiger partial charge in [-0.25, -0.2) is 4.79 Å². The van der Waals surface area contributed by atoms with E-state index in [1.807, 2.05) is 4.90 Å².